The van der Waals surface area contributed by atoms with Crippen molar-refractivity contribution in [2.24, 2.45) is 0 Å². The standard InChI is InChI=1S/C19H29NO7S/c1-20(13-18(23-2)24-3)19(22)15-11-14(16-5-4-10-28-16)12-17(27-15)26-9-8-25-7-6-21/h4-5,10-11,14,17-18,21H,6-9,12-13H2,1-3H3/t14-,17+/m0/s1. The first-order valence-corrected chi connectivity index (χ1v) is 10.00. The van der Waals surface area contributed by atoms with Crippen LogP contribution in [0.1, 0.15) is 17.2 Å². The molecule has 0 saturated carbocycles. The molecule has 1 aliphatic heterocycles. The van der Waals surface area contributed by atoms with Gasteiger partial charge in [0.15, 0.2) is 12.0 Å². The molecule has 0 spiro atoms. The van der Waals surface area contributed by atoms with Gasteiger partial charge in [-0.3, -0.25) is 4.79 Å². The zero-order valence-corrected chi connectivity index (χ0v) is 17.4. The molecule has 0 saturated heterocycles. The number of ether oxygens (including phenoxy) is 5. The van der Waals surface area contributed by atoms with Crippen LogP contribution in [-0.4, -0.2) is 82.7 Å². The summed E-state index contributed by atoms with van der Waals surface area (Å²) in [5.41, 5.74) is 0. The van der Waals surface area contributed by atoms with Crippen LogP contribution < -0.4 is 0 Å². The third kappa shape index (κ3) is 6.84. The number of likely N-dealkylation sites (N-methyl/N-ethyl adjacent to an activating group) is 1. The number of carbonyl (C=O) groups is 1. The van der Waals surface area contributed by atoms with Gasteiger partial charge < -0.3 is 33.7 Å². The van der Waals surface area contributed by atoms with Gasteiger partial charge in [0.1, 0.15) is 0 Å². The molecule has 28 heavy (non-hydrogen) atoms. The predicted molar refractivity (Wildman–Crippen MR) is 104 cm³/mol. The van der Waals surface area contributed by atoms with Crippen molar-refractivity contribution in [2.45, 2.75) is 24.9 Å². The Bertz CT molecular complexity index is 603. The number of thiophene rings is 1. The van der Waals surface area contributed by atoms with E-state index < -0.39 is 12.6 Å². The quantitative estimate of drug-likeness (QED) is 0.410. The summed E-state index contributed by atoms with van der Waals surface area (Å²) < 4.78 is 27.1. The third-order valence-corrected chi connectivity index (χ3v) is 5.24. The summed E-state index contributed by atoms with van der Waals surface area (Å²) in [4.78, 5) is 15.5. The Morgan fingerprint density at radius 3 is 2.79 bits per heavy atom. The van der Waals surface area contributed by atoms with E-state index in [1.54, 1.807) is 18.4 Å². The molecule has 0 unspecified atom stereocenters. The maximum atomic E-state index is 12.9. The highest BCUT2D eigenvalue weighted by atomic mass is 32.1. The van der Waals surface area contributed by atoms with E-state index >= 15 is 0 Å². The lowest BCUT2D eigenvalue weighted by molar-refractivity contribution is -0.160. The monoisotopic (exact) mass is 415 g/mol. The van der Waals surface area contributed by atoms with E-state index in [1.807, 2.05) is 23.6 Å². The average molecular weight is 416 g/mol. The van der Waals surface area contributed by atoms with Crippen molar-refractivity contribution in [1.82, 2.24) is 4.90 Å². The number of hydrogen-bond acceptors (Lipinski definition) is 8. The van der Waals surface area contributed by atoms with Gasteiger partial charge in [0, 0.05) is 38.5 Å². The molecular weight excluding hydrogens is 386 g/mol. The fourth-order valence-electron chi connectivity index (χ4n) is 2.76. The minimum absolute atomic E-state index is 0.0297. The summed E-state index contributed by atoms with van der Waals surface area (Å²) in [6.45, 7) is 1.17. The normalized spacial score (nSPS) is 19.4. The van der Waals surface area contributed by atoms with E-state index in [0.717, 1.165) is 4.88 Å². The van der Waals surface area contributed by atoms with Gasteiger partial charge in [-0.05, 0) is 17.5 Å². The molecule has 1 aromatic heterocycles. The molecule has 2 rings (SSSR count). The van der Waals surface area contributed by atoms with E-state index in [9.17, 15) is 4.79 Å². The summed E-state index contributed by atoms with van der Waals surface area (Å²) >= 11 is 1.63. The molecule has 8 nitrogen and oxygen atoms in total. The van der Waals surface area contributed by atoms with Crippen molar-refractivity contribution in [3.05, 3.63) is 34.2 Å². The Labute approximate surface area is 169 Å². The smallest absolute Gasteiger partial charge is 0.288 e. The van der Waals surface area contributed by atoms with Crippen molar-refractivity contribution in [2.75, 3.05) is 54.2 Å². The van der Waals surface area contributed by atoms with Gasteiger partial charge in [-0.15, -0.1) is 11.3 Å². The summed E-state index contributed by atoms with van der Waals surface area (Å²) in [6, 6.07) is 4.02. The van der Waals surface area contributed by atoms with E-state index in [-0.39, 0.29) is 37.3 Å². The summed E-state index contributed by atoms with van der Waals surface area (Å²) in [6.07, 6.45) is 1.39. The molecule has 0 bridgehead atoms. The van der Waals surface area contributed by atoms with Crippen molar-refractivity contribution in [1.29, 1.82) is 0 Å². The topological polar surface area (TPSA) is 86.7 Å². The highest BCUT2D eigenvalue weighted by molar-refractivity contribution is 7.10. The van der Waals surface area contributed by atoms with Crippen molar-refractivity contribution in [3.63, 3.8) is 0 Å². The summed E-state index contributed by atoms with van der Waals surface area (Å²) in [7, 11) is 4.72. The number of aliphatic hydroxyl groups excluding tert-OH is 1. The summed E-state index contributed by atoms with van der Waals surface area (Å²) in [5, 5.41) is 10.8. The average Bonchev–Trinajstić information content (AvgIpc) is 3.26. The molecule has 1 N–H and O–H groups in total. The molecular formula is C19H29NO7S. The fraction of sp³-hybridized carbons (Fsp3) is 0.632. The van der Waals surface area contributed by atoms with Crippen molar-refractivity contribution in [3.8, 4) is 0 Å². The number of amides is 1. The number of aliphatic hydroxyl groups is 1. The minimum Gasteiger partial charge on any atom is -0.459 e. The molecule has 0 aliphatic carbocycles. The molecule has 0 radical (unpaired) electrons. The molecule has 158 valence electrons. The number of allylic oxidation sites excluding steroid dienone is 1. The van der Waals surface area contributed by atoms with Crippen LogP contribution in [0, 0.1) is 0 Å². The molecule has 9 heteroatoms. The van der Waals surface area contributed by atoms with Crippen LogP contribution in [0.2, 0.25) is 0 Å². The minimum atomic E-state index is -0.553. The maximum absolute atomic E-state index is 12.9. The van der Waals surface area contributed by atoms with Gasteiger partial charge in [-0.25, -0.2) is 0 Å². The first kappa shape index (κ1) is 22.8. The second-order valence-corrected chi connectivity index (χ2v) is 7.21. The number of hydrogen-bond donors (Lipinski definition) is 1. The van der Waals surface area contributed by atoms with Crippen molar-refractivity contribution >= 4 is 17.2 Å². The zero-order chi connectivity index (χ0) is 20.4. The Morgan fingerprint density at radius 1 is 1.36 bits per heavy atom. The van der Waals surface area contributed by atoms with Crippen LogP contribution in [0.25, 0.3) is 0 Å². The molecule has 1 aromatic rings. The van der Waals surface area contributed by atoms with Gasteiger partial charge in [0.05, 0.1) is 33.0 Å². The van der Waals surface area contributed by atoms with E-state index in [2.05, 4.69) is 0 Å². The SMILES string of the molecule is COC(CN(C)C(=O)C1=C[C@H](c2cccs2)C[C@H](OCCOCCO)O1)OC. The molecule has 0 fully saturated rings. The maximum Gasteiger partial charge on any atom is 0.288 e. The lowest BCUT2D eigenvalue weighted by atomic mass is 9.99. The van der Waals surface area contributed by atoms with Crippen LogP contribution in [0.5, 0.6) is 0 Å². The molecule has 2 atom stereocenters. The molecule has 1 amide bonds. The van der Waals surface area contributed by atoms with Gasteiger partial charge in [0.2, 0.25) is 6.29 Å². The Hall–Kier alpha value is -1.49. The van der Waals surface area contributed by atoms with Crippen molar-refractivity contribution < 1.29 is 33.6 Å². The third-order valence-electron chi connectivity index (χ3n) is 4.24. The van der Waals surface area contributed by atoms with E-state index in [1.165, 1.54) is 19.1 Å². The fourth-order valence-corrected chi connectivity index (χ4v) is 3.57. The first-order valence-electron chi connectivity index (χ1n) is 9.12. The Morgan fingerprint density at radius 2 is 2.14 bits per heavy atom. The zero-order valence-electron chi connectivity index (χ0n) is 16.5. The second kappa shape index (κ2) is 12.2. The van der Waals surface area contributed by atoms with Crippen LogP contribution in [0.3, 0.4) is 0 Å². The van der Waals surface area contributed by atoms with Crippen LogP contribution in [-0.2, 0) is 28.5 Å². The predicted octanol–water partition coefficient (Wildman–Crippen LogP) is 1.56. The van der Waals surface area contributed by atoms with Crippen LogP contribution in [0.4, 0.5) is 0 Å². The van der Waals surface area contributed by atoms with Crippen LogP contribution in [0.15, 0.2) is 29.3 Å². The number of methoxy groups -OCH3 is 2. The molecule has 1 aliphatic rings. The lowest BCUT2D eigenvalue weighted by Gasteiger charge is -2.31. The lowest BCUT2D eigenvalue weighted by Crippen LogP contribution is -2.39. The van der Waals surface area contributed by atoms with E-state index in [4.69, 9.17) is 28.8 Å². The van der Waals surface area contributed by atoms with Gasteiger partial charge in [-0.1, -0.05) is 6.07 Å². The highest BCUT2D eigenvalue weighted by Crippen LogP contribution is 2.34. The Kier molecular flexibility index (Phi) is 9.89. The van der Waals surface area contributed by atoms with Gasteiger partial charge in [-0.2, -0.15) is 0 Å². The number of carbonyl (C=O) groups excluding carboxylic acids is 1. The number of rotatable bonds is 12. The molecule has 2 heterocycles. The largest absolute Gasteiger partial charge is 0.459 e. The Balaban J connectivity index is 2.03. The van der Waals surface area contributed by atoms with Crippen LogP contribution >= 0.6 is 11.3 Å². The molecule has 0 aromatic carbocycles. The highest BCUT2D eigenvalue weighted by Gasteiger charge is 2.31. The first-order chi connectivity index (χ1) is 13.6. The second-order valence-electron chi connectivity index (χ2n) is 6.23. The van der Waals surface area contributed by atoms with E-state index in [0.29, 0.717) is 19.6 Å². The van der Waals surface area contributed by atoms with Gasteiger partial charge >= 0.3 is 0 Å². The van der Waals surface area contributed by atoms with Gasteiger partial charge in [0.25, 0.3) is 5.91 Å². The number of nitrogens with zero attached hydrogens (tertiary/aromatic N) is 1. The summed E-state index contributed by atoms with van der Waals surface area (Å²) in [5.74, 6) is 0.0231.